The molecule has 6 fully saturated rings. The molecular weight excluding hydrogens is 302 g/mol. The molecule has 8 atom stereocenters. The van der Waals surface area contributed by atoms with Gasteiger partial charge in [0.1, 0.15) is 0 Å². The predicted octanol–water partition coefficient (Wildman–Crippen LogP) is 2.06. The number of fused-ring (bicyclic) bond motifs is 4. The van der Waals surface area contributed by atoms with Crippen LogP contribution in [0.5, 0.6) is 0 Å². The van der Waals surface area contributed by atoms with E-state index in [9.17, 15) is 4.79 Å². The summed E-state index contributed by atoms with van der Waals surface area (Å²) < 4.78 is 18.0. The molecular formula is C16H23NO6. The number of rotatable bonds is 0. The van der Waals surface area contributed by atoms with Crippen molar-refractivity contribution in [1.82, 2.24) is 5.32 Å². The summed E-state index contributed by atoms with van der Waals surface area (Å²) in [5, 5.41) is 2.77. The maximum Gasteiger partial charge on any atom is 0.410 e. The van der Waals surface area contributed by atoms with Crippen molar-refractivity contribution in [2.24, 2.45) is 17.8 Å². The van der Waals surface area contributed by atoms with Gasteiger partial charge in [-0.2, -0.15) is 0 Å². The van der Waals surface area contributed by atoms with Gasteiger partial charge in [0.05, 0.1) is 0 Å². The van der Waals surface area contributed by atoms with Gasteiger partial charge >= 0.3 is 6.09 Å². The summed E-state index contributed by atoms with van der Waals surface area (Å²) in [5.41, 5.74) is -1.48. The largest absolute Gasteiger partial charge is 0.438 e. The smallest absolute Gasteiger partial charge is 0.410 e. The van der Waals surface area contributed by atoms with Crippen LogP contribution in [0.1, 0.15) is 46.5 Å². The highest BCUT2D eigenvalue weighted by Crippen LogP contribution is 2.62. The van der Waals surface area contributed by atoms with Crippen molar-refractivity contribution in [2.45, 2.75) is 76.0 Å². The van der Waals surface area contributed by atoms with Crippen LogP contribution in [-0.2, 0) is 24.0 Å². The van der Waals surface area contributed by atoms with Crippen molar-refractivity contribution in [2.75, 3.05) is 0 Å². The summed E-state index contributed by atoms with van der Waals surface area (Å²) in [7, 11) is 0. The van der Waals surface area contributed by atoms with Gasteiger partial charge in [0.2, 0.25) is 5.79 Å². The van der Waals surface area contributed by atoms with Crippen LogP contribution >= 0.6 is 0 Å². The molecule has 0 aromatic rings. The van der Waals surface area contributed by atoms with Crippen LogP contribution in [0.15, 0.2) is 0 Å². The van der Waals surface area contributed by atoms with Crippen LogP contribution in [0, 0.1) is 17.8 Å². The Balaban J connectivity index is 1.66. The lowest BCUT2D eigenvalue weighted by Gasteiger charge is -2.61. The van der Waals surface area contributed by atoms with E-state index in [2.05, 4.69) is 12.2 Å². The topological polar surface area (TPSA) is 75.3 Å². The Labute approximate surface area is 134 Å². The molecule has 5 aliphatic heterocycles. The lowest BCUT2D eigenvalue weighted by atomic mass is 9.56. The molecule has 1 N–H and O–H groups in total. The average Bonchev–Trinajstić information content (AvgIpc) is 2.63. The van der Waals surface area contributed by atoms with E-state index in [4.69, 9.17) is 24.0 Å². The standard InChI is InChI=1S/C16H23NO6/c1-8-4-5-10-15(3)11(17-13(18)21-15)19-12-16(10)9(8)6-7-14(2,20-12)22-23-16/h8-12H,4-7H2,1-3H3,(H,17,18)/t8-,9+,10+,11+,12-,14-,15-,16-/m1/s1. The zero-order valence-corrected chi connectivity index (χ0v) is 13.7. The molecule has 0 aromatic heterocycles. The number of hydrogen-bond donors (Lipinski definition) is 1. The third kappa shape index (κ3) is 1.61. The quantitative estimate of drug-likeness (QED) is 0.687. The third-order valence-electron chi connectivity index (χ3n) is 6.75. The third-order valence-corrected chi connectivity index (χ3v) is 6.75. The first-order valence-electron chi connectivity index (χ1n) is 8.57. The maximum absolute atomic E-state index is 11.9. The van der Waals surface area contributed by atoms with Gasteiger partial charge in [-0.3, -0.25) is 5.32 Å². The van der Waals surface area contributed by atoms with Crippen molar-refractivity contribution >= 4 is 6.09 Å². The highest BCUT2D eigenvalue weighted by molar-refractivity contribution is 5.71. The van der Waals surface area contributed by atoms with Gasteiger partial charge in [0.15, 0.2) is 23.7 Å². The number of carbonyl (C=O) groups excluding carboxylic acids is 1. The first kappa shape index (κ1) is 14.5. The number of ether oxygens (including phenoxy) is 3. The molecule has 23 heavy (non-hydrogen) atoms. The molecule has 2 bridgehead atoms. The zero-order valence-electron chi connectivity index (χ0n) is 13.7. The van der Waals surface area contributed by atoms with Gasteiger partial charge in [0.25, 0.3) is 0 Å². The van der Waals surface area contributed by atoms with Gasteiger partial charge < -0.3 is 14.2 Å². The van der Waals surface area contributed by atoms with E-state index in [1.54, 1.807) is 0 Å². The summed E-state index contributed by atoms with van der Waals surface area (Å²) >= 11 is 0. The van der Waals surface area contributed by atoms with Crippen LogP contribution in [0.4, 0.5) is 4.79 Å². The SMILES string of the molecule is C[C@@H]1CC[C@H]2[C@@]3(C)OC(=O)N[C@H]3O[C@@H]3O[C@@]4(C)CC[C@@H]1[C@]32OO4. The fourth-order valence-electron chi connectivity index (χ4n) is 5.53. The van der Waals surface area contributed by atoms with E-state index < -0.39 is 35.6 Å². The summed E-state index contributed by atoms with van der Waals surface area (Å²) in [6.45, 7) is 6.07. The predicted molar refractivity (Wildman–Crippen MR) is 75.7 cm³/mol. The van der Waals surface area contributed by atoms with Crippen molar-refractivity contribution in [3.63, 3.8) is 0 Å². The fourth-order valence-corrected chi connectivity index (χ4v) is 5.53. The van der Waals surface area contributed by atoms with Crippen molar-refractivity contribution < 1.29 is 28.8 Å². The van der Waals surface area contributed by atoms with E-state index in [1.165, 1.54) is 0 Å². The van der Waals surface area contributed by atoms with E-state index >= 15 is 0 Å². The maximum atomic E-state index is 11.9. The second kappa shape index (κ2) is 4.20. The number of alkyl carbamates (subject to hydrolysis) is 1. The summed E-state index contributed by atoms with van der Waals surface area (Å²) in [5.74, 6) is -0.0845. The van der Waals surface area contributed by atoms with E-state index in [0.717, 1.165) is 25.7 Å². The minimum Gasteiger partial charge on any atom is -0.438 e. The molecule has 1 spiro atoms. The molecule has 7 nitrogen and oxygen atoms in total. The van der Waals surface area contributed by atoms with Crippen molar-refractivity contribution in [3.05, 3.63) is 0 Å². The Morgan fingerprint density at radius 3 is 2.83 bits per heavy atom. The number of hydrogen-bond acceptors (Lipinski definition) is 6. The van der Waals surface area contributed by atoms with Crippen LogP contribution in [0.3, 0.4) is 0 Å². The molecule has 0 unspecified atom stereocenters. The zero-order chi connectivity index (χ0) is 16.0. The Hall–Kier alpha value is -0.890. The molecule has 6 aliphatic rings. The van der Waals surface area contributed by atoms with E-state index in [-0.39, 0.29) is 11.8 Å². The first-order valence-corrected chi connectivity index (χ1v) is 8.57. The lowest BCUT2D eigenvalue weighted by molar-refractivity contribution is -0.575. The Morgan fingerprint density at radius 2 is 2.00 bits per heavy atom. The molecule has 128 valence electrons. The van der Waals surface area contributed by atoms with Crippen LogP contribution in [-0.4, -0.2) is 35.6 Å². The molecule has 6 rings (SSSR count). The Morgan fingerprint density at radius 1 is 1.17 bits per heavy atom. The van der Waals surface area contributed by atoms with Gasteiger partial charge in [0, 0.05) is 12.3 Å². The Bertz CT molecular complexity index is 571. The first-order chi connectivity index (χ1) is 10.9. The number of nitrogens with one attached hydrogen (secondary N) is 1. The van der Waals surface area contributed by atoms with Crippen molar-refractivity contribution in [1.29, 1.82) is 0 Å². The van der Waals surface area contributed by atoms with Crippen molar-refractivity contribution in [3.8, 4) is 0 Å². The van der Waals surface area contributed by atoms with Gasteiger partial charge in [-0.05, 0) is 44.9 Å². The minimum absolute atomic E-state index is 0.0263. The molecule has 1 saturated carbocycles. The van der Waals surface area contributed by atoms with Crippen LogP contribution < -0.4 is 5.32 Å². The second-order valence-electron chi connectivity index (χ2n) is 8.09. The average molecular weight is 325 g/mol. The highest BCUT2D eigenvalue weighted by Gasteiger charge is 2.75. The summed E-state index contributed by atoms with van der Waals surface area (Å²) in [6, 6.07) is 0. The second-order valence-corrected chi connectivity index (χ2v) is 8.09. The monoisotopic (exact) mass is 325 g/mol. The van der Waals surface area contributed by atoms with Gasteiger partial charge in [-0.25, -0.2) is 14.6 Å². The Kier molecular flexibility index (Phi) is 2.64. The van der Waals surface area contributed by atoms with Crippen LogP contribution in [0.2, 0.25) is 0 Å². The number of carbonyl (C=O) groups is 1. The number of amides is 1. The summed E-state index contributed by atoms with van der Waals surface area (Å²) in [6.07, 6.45) is 2.17. The molecule has 1 amide bonds. The molecule has 1 aliphatic carbocycles. The highest BCUT2D eigenvalue weighted by atomic mass is 17.3. The van der Waals surface area contributed by atoms with E-state index in [1.807, 2.05) is 13.8 Å². The van der Waals surface area contributed by atoms with E-state index in [0.29, 0.717) is 5.92 Å². The minimum atomic E-state index is -0.797. The molecule has 0 aromatic carbocycles. The normalized spacial score (nSPS) is 60.3. The summed E-state index contributed by atoms with van der Waals surface area (Å²) in [4.78, 5) is 23.6. The molecule has 0 radical (unpaired) electrons. The van der Waals surface area contributed by atoms with Gasteiger partial charge in [-0.1, -0.05) is 6.92 Å². The van der Waals surface area contributed by atoms with Gasteiger partial charge in [-0.15, -0.1) is 0 Å². The molecule has 7 heteroatoms. The molecule has 5 heterocycles. The lowest BCUT2D eigenvalue weighted by Crippen LogP contribution is -2.75. The van der Waals surface area contributed by atoms with Crippen LogP contribution in [0.25, 0.3) is 0 Å². The fraction of sp³-hybridized carbons (Fsp3) is 0.938. The molecule has 5 saturated heterocycles.